The number of amidine groups is 1. The zero-order valence-electron chi connectivity index (χ0n) is 10.3. The van der Waals surface area contributed by atoms with E-state index in [1.54, 1.807) is 31.2 Å². The molecule has 0 saturated carbocycles. The smallest absolute Gasteiger partial charge is 0.150 e. The van der Waals surface area contributed by atoms with Crippen LogP contribution in [0, 0.1) is 18.6 Å². The van der Waals surface area contributed by atoms with Crippen molar-refractivity contribution >= 4 is 11.5 Å². The van der Waals surface area contributed by atoms with Crippen molar-refractivity contribution in [3.8, 4) is 0 Å². The molecule has 0 fully saturated rings. The normalized spacial score (nSPS) is 11.5. The van der Waals surface area contributed by atoms with Crippen molar-refractivity contribution in [2.24, 2.45) is 10.8 Å². The summed E-state index contributed by atoms with van der Waals surface area (Å²) in [5.41, 5.74) is 3.42. The average Bonchev–Trinajstić information content (AvgIpc) is 2.42. The number of hydrazine groups is 1. The van der Waals surface area contributed by atoms with Crippen molar-refractivity contribution in [3.63, 3.8) is 0 Å². The van der Waals surface area contributed by atoms with E-state index < -0.39 is 11.6 Å². The first-order chi connectivity index (χ1) is 9.11. The molecule has 0 aliphatic heterocycles. The third-order valence-corrected chi connectivity index (χ3v) is 2.64. The summed E-state index contributed by atoms with van der Waals surface area (Å²) in [6.07, 6.45) is 0. The van der Waals surface area contributed by atoms with Crippen molar-refractivity contribution in [1.29, 1.82) is 0 Å². The number of halogens is 2. The summed E-state index contributed by atoms with van der Waals surface area (Å²) in [7, 11) is 0. The molecule has 0 atom stereocenters. The Labute approximate surface area is 109 Å². The molecule has 0 amide bonds. The Balaban J connectivity index is 2.49. The highest BCUT2D eigenvalue weighted by Gasteiger charge is 2.12. The zero-order chi connectivity index (χ0) is 13.8. The molecule has 0 heterocycles. The molecule has 0 spiro atoms. The fraction of sp³-hybridized carbons (Fsp3) is 0.0714. The molecule has 0 bridgehead atoms. The third-order valence-electron chi connectivity index (χ3n) is 2.64. The molecule has 3 nitrogen and oxygen atoms in total. The summed E-state index contributed by atoms with van der Waals surface area (Å²) in [5.74, 6) is 4.20. The molecule has 98 valence electrons. The molecule has 5 heteroatoms. The van der Waals surface area contributed by atoms with E-state index >= 15 is 0 Å². The van der Waals surface area contributed by atoms with E-state index in [2.05, 4.69) is 10.4 Å². The lowest BCUT2D eigenvalue weighted by Crippen LogP contribution is -2.31. The van der Waals surface area contributed by atoms with Gasteiger partial charge in [-0.05, 0) is 30.7 Å². The van der Waals surface area contributed by atoms with Crippen molar-refractivity contribution in [2.75, 3.05) is 0 Å². The molecule has 0 aliphatic carbocycles. The van der Waals surface area contributed by atoms with Gasteiger partial charge in [0.1, 0.15) is 11.6 Å². The van der Waals surface area contributed by atoms with Gasteiger partial charge in [0.15, 0.2) is 5.84 Å². The minimum absolute atomic E-state index is 0.130. The van der Waals surface area contributed by atoms with Crippen LogP contribution in [-0.2, 0) is 0 Å². The molecule has 0 unspecified atom stereocenters. The topological polar surface area (TPSA) is 50.4 Å². The molecule has 0 aromatic heterocycles. The molecule has 3 N–H and O–H groups in total. The molecule has 2 rings (SSSR count). The predicted molar refractivity (Wildman–Crippen MR) is 71.1 cm³/mol. The number of nitrogens with two attached hydrogens (primary N) is 1. The maximum Gasteiger partial charge on any atom is 0.150 e. The number of aliphatic imine (C=N–C) groups is 1. The zero-order valence-corrected chi connectivity index (χ0v) is 10.3. The summed E-state index contributed by atoms with van der Waals surface area (Å²) in [6, 6.07) is 11.2. The fourth-order valence-electron chi connectivity index (χ4n) is 1.64. The van der Waals surface area contributed by atoms with Crippen molar-refractivity contribution in [3.05, 3.63) is 65.2 Å². The second kappa shape index (κ2) is 5.58. The van der Waals surface area contributed by atoms with Crippen LogP contribution in [-0.4, -0.2) is 5.84 Å². The summed E-state index contributed by atoms with van der Waals surface area (Å²) < 4.78 is 27.0. The molecule has 2 aromatic rings. The molecule has 0 saturated heterocycles. The summed E-state index contributed by atoms with van der Waals surface area (Å²) in [6.45, 7) is 1.55. The molecule has 0 radical (unpaired) electrons. The second-order valence-electron chi connectivity index (χ2n) is 4.02. The van der Waals surface area contributed by atoms with Gasteiger partial charge >= 0.3 is 0 Å². The SMILES string of the molecule is Cc1cc(C(=Nc2ccccc2)NN)c(F)cc1F. The van der Waals surface area contributed by atoms with Gasteiger partial charge in [0.25, 0.3) is 0 Å². The monoisotopic (exact) mass is 261 g/mol. The molecular formula is C14H13F2N3. The van der Waals surface area contributed by atoms with E-state index in [-0.39, 0.29) is 11.4 Å². The Morgan fingerprint density at radius 3 is 2.42 bits per heavy atom. The highest BCUT2D eigenvalue weighted by molar-refractivity contribution is 6.00. The lowest BCUT2D eigenvalue weighted by Gasteiger charge is -2.09. The van der Waals surface area contributed by atoms with Gasteiger partial charge in [-0.15, -0.1) is 0 Å². The van der Waals surface area contributed by atoms with E-state index in [1.165, 1.54) is 6.07 Å². The number of hydrogen-bond acceptors (Lipinski definition) is 2. The quantitative estimate of drug-likeness (QED) is 0.378. The number of benzene rings is 2. The Bertz CT molecular complexity index is 610. The van der Waals surface area contributed by atoms with E-state index in [4.69, 9.17) is 5.84 Å². The first-order valence-electron chi connectivity index (χ1n) is 5.68. The van der Waals surface area contributed by atoms with Crippen LogP contribution >= 0.6 is 0 Å². The minimum Gasteiger partial charge on any atom is -0.308 e. The van der Waals surface area contributed by atoms with Gasteiger partial charge < -0.3 is 5.43 Å². The average molecular weight is 261 g/mol. The Morgan fingerprint density at radius 2 is 1.79 bits per heavy atom. The van der Waals surface area contributed by atoms with Crippen molar-refractivity contribution in [2.45, 2.75) is 6.92 Å². The van der Waals surface area contributed by atoms with E-state index in [1.807, 2.05) is 6.07 Å². The van der Waals surface area contributed by atoms with Crippen LogP contribution in [0.1, 0.15) is 11.1 Å². The van der Waals surface area contributed by atoms with Crippen LogP contribution in [0.3, 0.4) is 0 Å². The summed E-state index contributed by atoms with van der Waals surface area (Å²) >= 11 is 0. The molecule has 2 aromatic carbocycles. The fourth-order valence-corrected chi connectivity index (χ4v) is 1.64. The standard InChI is InChI=1S/C14H13F2N3/c1-9-7-11(13(16)8-12(9)15)14(19-17)18-10-5-3-2-4-6-10/h2-8H,17H2,1H3,(H,18,19). The van der Waals surface area contributed by atoms with Crippen molar-refractivity contribution in [1.82, 2.24) is 5.43 Å². The Hall–Kier alpha value is -2.27. The summed E-state index contributed by atoms with van der Waals surface area (Å²) in [4.78, 5) is 4.20. The maximum absolute atomic E-state index is 13.8. The minimum atomic E-state index is -0.712. The lowest BCUT2D eigenvalue weighted by atomic mass is 10.1. The number of nitrogens with one attached hydrogen (secondary N) is 1. The van der Waals surface area contributed by atoms with E-state index in [9.17, 15) is 8.78 Å². The van der Waals surface area contributed by atoms with E-state index in [0.29, 0.717) is 11.3 Å². The van der Waals surface area contributed by atoms with Crippen LogP contribution in [0.2, 0.25) is 0 Å². The van der Waals surface area contributed by atoms with Gasteiger partial charge in [0, 0.05) is 6.07 Å². The van der Waals surface area contributed by atoms with Crippen LogP contribution in [0.4, 0.5) is 14.5 Å². The second-order valence-corrected chi connectivity index (χ2v) is 4.02. The largest absolute Gasteiger partial charge is 0.308 e. The van der Waals surface area contributed by atoms with Crippen molar-refractivity contribution < 1.29 is 8.78 Å². The number of rotatable bonds is 2. The van der Waals surface area contributed by atoms with Crippen LogP contribution < -0.4 is 11.3 Å². The third kappa shape index (κ3) is 2.95. The first-order valence-corrected chi connectivity index (χ1v) is 5.68. The van der Waals surface area contributed by atoms with Gasteiger partial charge in [0.05, 0.1) is 11.3 Å². The van der Waals surface area contributed by atoms with E-state index in [0.717, 1.165) is 6.07 Å². The molecule has 19 heavy (non-hydrogen) atoms. The number of para-hydroxylation sites is 1. The van der Waals surface area contributed by atoms with Gasteiger partial charge in [-0.25, -0.2) is 19.6 Å². The highest BCUT2D eigenvalue weighted by atomic mass is 19.1. The van der Waals surface area contributed by atoms with Crippen LogP contribution in [0.5, 0.6) is 0 Å². The van der Waals surface area contributed by atoms with Gasteiger partial charge in [0.2, 0.25) is 0 Å². The number of aryl methyl sites for hydroxylation is 1. The van der Waals surface area contributed by atoms with Crippen LogP contribution in [0.15, 0.2) is 47.5 Å². The van der Waals surface area contributed by atoms with Gasteiger partial charge in [-0.2, -0.15) is 0 Å². The van der Waals surface area contributed by atoms with Gasteiger partial charge in [-0.3, -0.25) is 0 Å². The van der Waals surface area contributed by atoms with Gasteiger partial charge in [-0.1, -0.05) is 18.2 Å². The maximum atomic E-state index is 13.8. The van der Waals surface area contributed by atoms with Crippen LogP contribution in [0.25, 0.3) is 0 Å². The molecular weight excluding hydrogens is 248 g/mol. The highest BCUT2D eigenvalue weighted by Crippen LogP contribution is 2.17. The number of nitrogens with zero attached hydrogens (tertiary/aromatic N) is 1. The number of hydrogen-bond donors (Lipinski definition) is 2. The molecule has 0 aliphatic rings. The predicted octanol–water partition coefficient (Wildman–Crippen LogP) is 2.81. The Kier molecular flexibility index (Phi) is 3.87. The first kappa shape index (κ1) is 13.2. The Morgan fingerprint density at radius 1 is 1.11 bits per heavy atom. The summed E-state index contributed by atoms with van der Waals surface area (Å²) in [5, 5.41) is 0. The lowest BCUT2D eigenvalue weighted by molar-refractivity contribution is 0.575.